The fourth-order valence-corrected chi connectivity index (χ4v) is 2.79. The molecule has 0 aliphatic carbocycles. The molecular formula is C16H18N2OS. The molecule has 0 unspecified atom stereocenters. The SMILES string of the molecule is CC(C)c1ccc(Sc2cccc(C(N)=O)c2N)cc1. The molecule has 0 spiro atoms. The van der Waals surface area contributed by atoms with Crippen LogP contribution in [0.5, 0.6) is 0 Å². The highest BCUT2D eigenvalue weighted by molar-refractivity contribution is 7.99. The first-order valence-corrected chi connectivity index (χ1v) is 7.26. The van der Waals surface area contributed by atoms with E-state index in [0.29, 0.717) is 17.2 Å². The first kappa shape index (κ1) is 14.5. The predicted molar refractivity (Wildman–Crippen MR) is 84.0 cm³/mol. The van der Waals surface area contributed by atoms with Gasteiger partial charge < -0.3 is 11.5 Å². The van der Waals surface area contributed by atoms with Gasteiger partial charge in [0.25, 0.3) is 5.91 Å². The lowest BCUT2D eigenvalue weighted by Gasteiger charge is -2.10. The molecule has 104 valence electrons. The molecule has 0 aliphatic heterocycles. The maximum Gasteiger partial charge on any atom is 0.250 e. The number of benzene rings is 2. The van der Waals surface area contributed by atoms with Crippen molar-refractivity contribution in [1.29, 1.82) is 0 Å². The number of nitrogens with two attached hydrogens (primary N) is 2. The van der Waals surface area contributed by atoms with Crippen molar-refractivity contribution in [3.05, 3.63) is 53.6 Å². The highest BCUT2D eigenvalue weighted by Gasteiger charge is 2.10. The summed E-state index contributed by atoms with van der Waals surface area (Å²) in [6.07, 6.45) is 0. The molecule has 3 nitrogen and oxygen atoms in total. The average Bonchev–Trinajstić information content (AvgIpc) is 2.41. The number of amides is 1. The Balaban J connectivity index is 2.26. The molecule has 2 aromatic carbocycles. The largest absolute Gasteiger partial charge is 0.397 e. The number of nitrogen functional groups attached to an aromatic ring is 1. The van der Waals surface area contributed by atoms with Crippen LogP contribution in [0.4, 0.5) is 5.69 Å². The van der Waals surface area contributed by atoms with Crippen molar-refractivity contribution < 1.29 is 4.79 Å². The Morgan fingerprint density at radius 2 is 1.75 bits per heavy atom. The lowest BCUT2D eigenvalue weighted by molar-refractivity contribution is 0.100. The Labute approximate surface area is 123 Å². The highest BCUT2D eigenvalue weighted by atomic mass is 32.2. The summed E-state index contributed by atoms with van der Waals surface area (Å²) in [5.41, 5.74) is 13.4. The smallest absolute Gasteiger partial charge is 0.250 e. The van der Waals surface area contributed by atoms with Crippen molar-refractivity contribution in [2.75, 3.05) is 5.73 Å². The van der Waals surface area contributed by atoms with E-state index in [1.54, 1.807) is 12.1 Å². The van der Waals surface area contributed by atoms with E-state index < -0.39 is 5.91 Å². The molecule has 20 heavy (non-hydrogen) atoms. The number of para-hydroxylation sites is 1. The maximum absolute atomic E-state index is 11.3. The first-order chi connectivity index (χ1) is 9.49. The number of primary amides is 1. The van der Waals surface area contributed by atoms with Gasteiger partial charge >= 0.3 is 0 Å². The molecule has 0 aliphatic rings. The monoisotopic (exact) mass is 286 g/mol. The quantitative estimate of drug-likeness (QED) is 0.843. The number of rotatable bonds is 4. The van der Waals surface area contributed by atoms with E-state index in [9.17, 15) is 4.79 Å². The molecule has 0 fully saturated rings. The third-order valence-electron chi connectivity index (χ3n) is 3.11. The van der Waals surface area contributed by atoms with E-state index in [-0.39, 0.29) is 0 Å². The van der Waals surface area contributed by atoms with Crippen molar-refractivity contribution in [2.45, 2.75) is 29.6 Å². The van der Waals surface area contributed by atoms with Crippen LogP contribution in [-0.2, 0) is 0 Å². The number of hydrogen-bond acceptors (Lipinski definition) is 3. The normalized spacial score (nSPS) is 10.8. The number of carbonyl (C=O) groups is 1. The van der Waals surface area contributed by atoms with Crippen molar-refractivity contribution in [2.24, 2.45) is 5.73 Å². The fraction of sp³-hybridized carbons (Fsp3) is 0.188. The van der Waals surface area contributed by atoms with Gasteiger partial charge in [0, 0.05) is 9.79 Å². The third kappa shape index (κ3) is 3.14. The van der Waals surface area contributed by atoms with Crippen LogP contribution in [0.25, 0.3) is 0 Å². The van der Waals surface area contributed by atoms with Gasteiger partial charge in [-0.25, -0.2) is 0 Å². The minimum absolute atomic E-state index is 0.369. The van der Waals surface area contributed by atoms with Crippen LogP contribution in [0.3, 0.4) is 0 Å². The zero-order chi connectivity index (χ0) is 14.7. The topological polar surface area (TPSA) is 69.1 Å². The molecule has 0 saturated carbocycles. The Bertz CT molecular complexity index is 621. The van der Waals surface area contributed by atoms with E-state index in [2.05, 4.69) is 38.1 Å². The van der Waals surface area contributed by atoms with Crippen molar-refractivity contribution in [1.82, 2.24) is 0 Å². The van der Waals surface area contributed by atoms with Gasteiger partial charge in [0.05, 0.1) is 11.3 Å². The van der Waals surface area contributed by atoms with Gasteiger partial charge in [0.1, 0.15) is 0 Å². The lowest BCUT2D eigenvalue weighted by atomic mass is 10.0. The fourth-order valence-electron chi connectivity index (χ4n) is 1.90. The standard InChI is InChI=1S/C16H18N2OS/c1-10(2)11-6-8-12(9-7-11)20-14-5-3-4-13(15(14)17)16(18)19/h3-10H,17H2,1-2H3,(H2,18,19). The molecule has 4 heteroatoms. The van der Waals surface area contributed by atoms with Crippen LogP contribution in [-0.4, -0.2) is 5.91 Å². The van der Waals surface area contributed by atoms with Gasteiger partial charge in [-0.3, -0.25) is 4.79 Å². The van der Waals surface area contributed by atoms with E-state index in [1.165, 1.54) is 17.3 Å². The first-order valence-electron chi connectivity index (χ1n) is 6.45. The van der Waals surface area contributed by atoms with E-state index in [1.807, 2.05) is 6.07 Å². The summed E-state index contributed by atoms with van der Waals surface area (Å²) in [5, 5.41) is 0. The van der Waals surface area contributed by atoms with Gasteiger partial charge in [-0.2, -0.15) is 0 Å². The molecule has 2 rings (SSSR count). The average molecular weight is 286 g/mol. The summed E-state index contributed by atoms with van der Waals surface area (Å²) in [7, 11) is 0. The number of carbonyl (C=O) groups excluding carboxylic acids is 1. The lowest BCUT2D eigenvalue weighted by Crippen LogP contribution is -2.13. The molecule has 2 aromatic rings. The molecule has 0 radical (unpaired) electrons. The minimum atomic E-state index is -0.500. The molecule has 0 saturated heterocycles. The van der Waals surface area contributed by atoms with Crippen molar-refractivity contribution >= 4 is 23.4 Å². The Hall–Kier alpha value is -1.94. The maximum atomic E-state index is 11.3. The third-order valence-corrected chi connectivity index (χ3v) is 4.19. The molecule has 0 bridgehead atoms. The second-order valence-electron chi connectivity index (χ2n) is 4.91. The van der Waals surface area contributed by atoms with E-state index in [0.717, 1.165) is 9.79 Å². The summed E-state index contributed by atoms with van der Waals surface area (Å²) >= 11 is 1.53. The Morgan fingerprint density at radius 1 is 1.10 bits per heavy atom. The molecule has 0 heterocycles. The zero-order valence-corrected chi connectivity index (χ0v) is 12.4. The zero-order valence-electron chi connectivity index (χ0n) is 11.6. The number of anilines is 1. The minimum Gasteiger partial charge on any atom is -0.397 e. The van der Waals surface area contributed by atoms with Crippen LogP contribution >= 0.6 is 11.8 Å². The van der Waals surface area contributed by atoms with E-state index in [4.69, 9.17) is 11.5 Å². The van der Waals surface area contributed by atoms with Gasteiger partial charge in [0.15, 0.2) is 0 Å². The van der Waals surface area contributed by atoms with E-state index >= 15 is 0 Å². The van der Waals surface area contributed by atoms with Crippen LogP contribution in [0.15, 0.2) is 52.3 Å². The van der Waals surface area contributed by atoms with Crippen molar-refractivity contribution in [3.8, 4) is 0 Å². The summed E-state index contributed by atoms with van der Waals surface area (Å²) in [6, 6.07) is 13.7. The van der Waals surface area contributed by atoms with Crippen LogP contribution in [0, 0.1) is 0 Å². The summed E-state index contributed by atoms with van der Waals surface area (Å²) in [4.78, 5) is 13.2. The summed E-state index contributed by atoms with van der Waals surface area (Å²) in [6.45, 7) is 4.33. The molecule has 0 aromatic heterocycles. The molecule has 1 amide bonds. The van der Waals surface area contributed by atoms with Gasteiger partial charge in [-0.15, -0.1) is 0 Å². The van der Waals surface area contributed by atoms with Gasteiger partial charge in [0.2, 0.25) is 0 Å². The molecular weight excluding hydrogens is 268 g/mol. The second kappa shape index (κ2) is 6.01. The summed E-state index contributed by atoms with van der Waals surface area (Å²) < 4.78 is 0. The van der Waals surface area contributed by atoms with Crippen LogP contribution in [0.2, 0.25) is 0 Å². The second-order valence-corrected chi connectivity index (χ2v) is 6.02. The van der Waals surface area contributed by atoms with Crippen LogP contribution < -0.4 is 11.5 Å². The molecule has 0 atom stereocenters. The summed E-state index contributed by atoms with van der Waals surface area (Å²) in [5.74, 6) is 0.0115. The Kier molecular flexibility index (Phi) is 4.35. The van der Waals surface area contributed by atoms with Crippen molar-refractivity contribution in [3.63, 3.8) is 0 Å². The van der Waals surface area contributed by atoms with Gasteiger partial charge in [-0.05, 0) is 35.7 Å². The Morgan fingerprint density at radius 3 is 2.30 bits per heavy atom. The highest BCUT2D eigenvalue weighted by Crippen LogP contribution is 2.34. The number of hydrogen-bond donors (Lipinski definition) is 2. The van der Waals surface area contributed by atoms with Crippen LogP contribution in [0.1, 0.15) is 35.7 Å². The predicted octanol–water partition coefficient (Wildman–Crippen LogP) is 3.64. The molecule has 4 N–H and O–H groups in total. The van der Waals surface area contributed by atoms with Gasteiger partial charge in [-0.1, -0.05) is 43.8 Å².